The third kappa shape index (κ3) is 5.64. The molecule has 1 aromatic carbocycles. The largest absolute Gasteiger partial charge is 0.478 e. The highest BCUT2D eigenvalue weighted by molar-refractivity contribution is 9.11. The van der Waals surface area contributed by atoms with Crippen molar-refractivity contribution in [2.75, 3.05) is 18.5 Å². The molecular weight excluding hydrogens is 408 g/mol. The molecule has 2 amide bonds. The number of benzene rings is 1. The van der Waals surface area contributed by atoms with Crippen molar-refractivity contribution >= 4 is 49.5 Å². The summed E-state index contributed by atoms with van der Waals surface area (Å²) in [6, 6.07) is 2.40. The van der Waals surface area contributed by atoms with Gasteiger partial charge in [-0.2, -0.15) is 0 Å². The molecule has 1 aromatic rings. The first-order chi connectivity index (χ1) is 9.85. The second-order valence-corrected chi connectivity index (χ2v) is 6.04. The number of aromatic carboxylic acids is 1. The molecule has 116 valence electrons. The van der Waals surface area contributed by atoms with Gasteiger partial charge in [-0.15, -0.1) is 0 Å². The van der Waals surface area contributed by atoms with Gasteiger partial charge in [0.1, 0.15) is 0 Å². The van der Waals surface area contributed by atoms with E-state index in [4.69, 9.17) is 4.74 Å². The van der Waals surface area contributed by atoms with E-state index in [2.05, 4.69) is 42.5 Å². The van der Waals surface area contributed by atoms with Gasteiger partial charge in [-0.05, 0) is 41.9 Å². The second kappa shape index (κ2) is 8.35. The van der Waals surface area contributed by atoms with Gasteiger partial charge in [-0.1, -0.05) is 15.9 Å². The van der Waals surface area contributed by atoms with Crippen molar-refractivity contribution in [3.8, 4) is 0 Å². The van der Waals surface area contributed by atoms with Crippen LogP contribution in [0.3, 0.4) is 0 Å². The van der Waals surface area contributed by atoms with Crippen molar-refractivity contribution in [3.05, 3.63) is 26.6 Å². The standard InChI is InChI=1S/C13H16Br2N2O4/c1-3-21-6-7(2)16-13(20)17-11-9(12(18)19)4-8(14)5-10(11)15/h4-5,7H,3,6H2,1-2H3,(H,18,19)(H2,16,17,20). The summed E-state index contributed by atoms with van der Waals surface area (Å²) in [6.07, 6.45) is 0. The van der Waals surface area contributed by atoms with E-state index in [1.807, 2.05) is 6.92 Å². The van der Waals surface area contributed by atoms with E-state index in [9.17, 15) is 14.7 Å². The molecule has 0 aliphatic carbocycles. The molecule has 0 aliphatic heterocycles. The summed E-state index contributed by atoms with van der Waals surface area (Å²) in [5.74, 6) is -1.13. The number of nitrogens with one attached hydrogen (secondary N) is 2. The summed E-state index contributed by atoms with van der Waals surface area (Å²) in [7, 11) is 0. The zero-order valence-electron chi connectivity index (χ0n) is 11.6. The van der Waals surface area contributed by atoms with Crippen molar-refractivity contribution in [3.63, 3.8) is 0 Å². The number of anilines is 1. The van der Waals surface area contributed by atoms with Crippen LogP contribution in [0.15, 0.2) is 21.1 Å². The Morgan fingerprint density at radius 2 is 2.05 bits per heavy atom. The lowest BCUT2D eigenvalue weighted by Gasteiger charge is -2.16. The molecule has 1 unspecified atom stereocenters. The molecule has 0 saturated carbocycles. The van der Waals surface area contributed by atoms with E-state index in [1.54, 1.807) is 13.0 Å². The average molecular weight is 424 g/mol. The number of rotatable bonds is 6. The molecule has 21 heavy (non-hydrogen) atoms. The van der Waals surface area contributed by atoms with Gasteiger partial charge in [-0.25, -0.2) is 9.59 Å². The summed E-state index contributed by atoms with van der Waals surface area (Å²) >= 11 is 6.45. The first-order valence-corrected chi connectivity index (χ1v) is 7.81. The minimum absolute atomic E-state index is 0.0103. The molecule has 6 nitrogen and oxygen atoms in total. The van der Waals surface area contributed by atoms with Gasteiger partial charge in [-0.3, -0.25) is 0 Å². The Morgan fingerprint density at radius 3 is 2.62 bits per heavy atom. The molecule has 0 aliphatic rings. The Kier molecular flexibility index (Phi) is 7.13. The number of carboxylic acids is 1. The highest BCUT2D eigenvalue weighted by Gasteiger charge is 2.17. The first-order valence-electron chi connectivity index (χ1n) is 6.22. The highest BCUT2D eigenvalue weighted by atomic mass is 79.9. The zero-order valence-corrected chi connectivity index (χ0v) is 14.7. The van der Waals surface area contributed by atoms with E-state index in [0.717, 1.165) is 0 Å². The number of carbonyl (C=O) groups is 2. The molecule has 0 heterocycles. The summed E-state index contributed by atoms with van der Waals surface area (Å²) in [6.45, 7) is 4.61. The van der Waals surface area contributed by atoms with Crippen molar-refractivity contribution in [2.24, 2.45) is 0 Å². The predicted molar refractivity (Wildman–Crippen MR) is 86.9 cm³/mol. The first kappa shape index (κ1) is 17.9. The lowest BCUT2D eigenvalue weighted by Crippen LogP contribution is -2.39. The molecule has 3 N–H and O–H groups in total. The van der Waals surface area contributed by atoms with E-state index < -0.39 is 12.0 Å². The average Bonchev–Trinajstić information content (AvgIpc) is 2.38. The van der Waals surface area contributed by atoms with Crippen molar-refractivity contribution in [1.29, 1.82) is 0 Å². The van der Waals surface area contributed by atoms with Gasteiger partial charge in [0.25, 0.3) is 0 Å². The SMILES string of the molecule is CCOCC(C)NC(=O)Nc1c(Br)cc(Br)cc1C(=O)O. The topological polar surface area (TPSA) is 87.7 Å². The van der Waals surface area contributed by atoms with Crippen LogP contribution in [0.5, 0.6) is 0 Å². The Labute approximate surface area is 139 Å². The quantitative estimate of drug-likeness (QED) is 0.653. The Morgan fingerprint density at radius 1 is 1.38 bits per heavy atom. The van der Waals surface area contributed by atoms with E-state index in [-0.39, 0.29) is 17.3 Å². The third-order valence-corrected chi connectivity index (χ3v) is 3.56. The van der Waals surface area contributed by atoms with Crippen LogP contribution in [0.2, 0.25) is 0 Å². The maximum absolute atomic E-state index is 11.9. The second-order valence-electron chi connectivity index (χ2n) is 4.27. The van der Waals surface area contributed by atoms with Crippen LogP contribution in [0.25, 0.3) is 0 Å². The van der Waals surface area contributed by atoms with Crippen molar-refractivity contribution < 1.29 is 19.4 Å². The van der Waals surface area contributed by atoms with Gasteiger partial charge in [0.05, 0.1) is 23.9 Å². The van der Waals surface area contributed by atoms with Crippen LogP contribution in [-0.2, 0) is 4.74 Å². The monoisotopic (exact) mass is 422 g/mol. The van der Waals surface area contributed by atoms with Crippen LogP contribution < -0.4 is 10.6 Å². The van der Waals surface area contributed by atoms with Gasteiger partial charge >= 0.3 is 12.0 Å². The van der Waals surface area contributed by atoms with Crippen LogP contribution >= 0.6 is 31.9 Å². The van der Waals surface area contributed by atoms with E-state index in [1.165, 1.54) is 6.07 Å². The van der Waals surface area contributed by atoms with Gasteiger partial charge < -0.3 is 20.5 Å². The molecular formula is C13H16Br2N2O4. The molecule has 8 heteroatoms. The highest BCUT2D eigenvalue weighted by Crippen LogP contribution is 2.30. The van der Waals surface area contributed by atoms with E-state index >= 15 is 0 Å². The van der Waals surface area contributed by atoms with E-state index in [0.29, 0.717) is 22.2 Å². The van der Waals surface area contributed by atoms with Crippen LogP contribution in [0, 0.1) is 0 Å². The number of carbonyl (C=O) groups excluding carboxylic acids is 1. The minimum atomic E-state index is -1.13. The number of ether oxygens (including phenoxy) is 1. The number of amides is 2. The molecule has 0 spiro atoms. The lowest BCUT2D eigenvalue weighted by molar-refractivity contribution is 0.0698. The summed E-state index contributed by atoms with van der Waals surface area (Å²) in [4.78, 5) is 23.1. The minimum Gasteiger partial charge on any atom is -0.478 e. The van der Waals surface area contributed by atoms with Gasteiger partial charge in [0.2, 0.25) is 0 Å². The van der Waals surface area contributed by atoms with Gasteiger partial charge in [0, 0.05) is 15.6 Å². The Balaban J connectivity index is 2.83. The predicted octanol–water partition coefficient (Wildman–Crippen LogP) is 3.46. The van der Waals surface area contributed by atoms with Crippen molar-refractivity contribution in [1.82, 2.24) is 5.32 Å². The molecule has 0 fully saturated rings. The summed E-state index contributed by atoms with van der Waals surface area (Å²) < 4.78 is 6.27. The summed E-state index contributed by atoms with van der Waals surface area (Å²) in [5.41, 5.74) is 0.190. The molecule has 0 saturated heterocycles. The molecule has 0 radical (unpaired) electrons. The fraction of sp³-hybridized carbons (Fsp3) is 0.385. The van der Waals surface area contributed by atoms with Crippen LogP contribution in [-0.4, -0.2) is 36.4 Å². The number of halogens is 2. The fourth-order valence-electron chi connectivity index (χ4n) is 1.58. The molecule has 1 rings (SSSR count). The summed E-state index contributed by atoms with van der Waals surface area (Å²) in [5, 5.41) is 14.4. The molecule has 1 atom stereocenters. The third-order valence-electron chi connectivity index (χ3n) is 2.47. The number of urea groups is 1. The zero-order chi connectivity index (χ0) is 16.0. The smallest absolute Gasteiger partial charge is 0.337 e. The Bertz CT molecular complexity index is 537. The van der Waals surface area contributed by atoms with Crippen LogP contribution in [0.4, 0.5) is 10.5 Å². The molecule has 0 bridgehead atoms. The molecule has 0 aromatic heterocycles. The number of carboxylic acid groups (broad SMARTS) is 1. The maximum Gasteiger partial charge on any atom is 0.337 e. The van der Waals surface area contributed by atoms with Crippen molar-refractivity contribution in [2.45, 2.75) is 19.9 Å². The van der Waals surface area contributed by atoms with Crippen LogP contribution in [0.1, 0.15) is 24.2 Å². The maximum atomic E-state index is 11.9. The normalized spacial score (nSPS) is 11.8. The number of hydrogen-bond acceptors (Lipinski definition) is 3. The Hall–Kier alpha value is -1.12. The number of hydrogen-bond donors (Lipinski definition) is 3. The fourth-order valence-corrected chi connectivity index (χ4v) is 2.90. The lowest BCUT2D eigenvalue weighted by atomic mass is 10.2. The van der Waals surface area contributed by atoms with Gasteiger partial charge in [0.15, 0.2) is 0 Å².